The van der Waals surface area contributed by atoms with E-state index in [9.17, 15) is 9.90 Å². The fraction of sp³-hybridized carbons (Fsp3) is 0.500. The van der Waals surface area contributed by atoms with E-state index in [0.717, 1.165) is 68.7 Å². The SMILES string of the molecule is Cc1cc(C)c2c(c1)-c1[nH]c3sc(C(C)(C)C(=O)N4C5CCC4CC5)cc3c1C(O)C2Cl. The molecule has 1 amide bonds. The van der Waals surface area contributed by atoms with Crippen LogP contribution in [0.25, 0.3) is 21.5 Å². The van der Waals surface area contributed by atoms with Crippen LogP contribution in [0.15, 0.2) is 18.2 Å². The number of carbonyl (C=O) groups excluding carboxylic acids is 1. The van der Waals surface area contributed by atoms with Crippen molar-refractivity contribution in [1.29, 1.82) is 0 Å². The summed E-state index contributed by atoms with van der Waals surface area (Å²) in [6.45, 7) is 8.24. The third kappa shape index (κ3) is 2.68. The van der Waals surface area contributed by atoms with E-state index in [0.29, 0.717) is 12.1 Å². The van der Waals surface area contributed by atoms with Gasteiger partial charge in [-0.2, -0.15) is 0 Å². The molecule has 4 heterocycles. The predicted molar refractivity (Wildman–Crippen MR) is 131 cm³/mol. The topological polar surface area (TPSA) is 56.3 Å². The lowest BCUT2D eigenvalue weighted by atomic mass is 9.83. The first-order valence-corrected chi connectivity index (χ1v) is 12.9. The Kier molecular flexibility index (Phi) is 4.44. The van der Waals surface area contributed by atoms with E-state index in [1.54, 1.807) is 11.3 Å². The fourth-order valence-electron chi connectivity index (χ4n) is 6.36. The molecule has 2 atom stereocenters. The zero-order valence-electron chi connectivity index (χ0n) is 19.0. The number of aliphatic hydroxyl groups excluding tert-OH is 1. The van der Waals surface area contributed by atoms with Gasteiger partial charge < -0.3 is 15.0 Å². The number of aromatic nitrogens is 1. The number of thiophene rings is 1. The largest absolute Gasteiger partial charge is 0.386 e. The number of fused-ring (bicyclic) bond motifs is 7. The van der Waals surface area contributed by atoms with Gasteiger partial charge in [-0.25, -0.2) is 0 Å². The van der Waals surface area contributed by atoms with Crippen LogP contribution in [0.4, 0.5) is 0 Å². The minimum atomic E-state index is -0.787. The van der Waals surface area contributed by atoms with Crippen LogP contribution >= 0.6 is 22.9 Å². The molecule has 2 fully saturated rings. The van der Waals surface area contributed by atoms with E-state index in [1.165, 1.54) is 5.56 Å². The number of carbonyl (C=O) groups is 1. The first-order chi connectivity index (χ1) is 15.2. The molecule has 2 N–H and O–H groups in total. The maximum Gasteiger partial charge on any atom is 0.233 e. The number of halogens is 1. The van der Waals surface area contributed by atoms with E-state index in [-0.39, 0.29) is 5.91 Å². The van der Waals surface area contributed by atoms with E-state index in [4.69, 9.17) is 11.6 Å². The summed E-state index contributed by atoms with van der Waals surface area (Å²) >= 11 is 8.43. The summed E-state index contributed by atoms with van der Waals surface area (Å²) in [5.41, 5.74) is 5.61. The number of hydrogen-bond acceptors (Lipinski definition) is 3. The first kappa shape index (κ1) is 20.8. The average Bonchev–Trinajstić information content (AvgIpc) is 3.49. The molecule has 0 radical (unpaired) electrons. The highest BCUT2D eigenvalue weighted by atomic mass is 35.5. The summed E-state index contributed by atoms with van der Waals surface area (Å²) in [6.07, 6.45) is 3.80. The van der Waals surface area contributed by atoms with Crippen molar-refractivity contribution >= 4 is 39.1 Å². The fourth-order valence-corrected chi connectivity index (χ4v) is 7.94. The second-order valence-electron chi connectivity index (χ2n) is 10.5. The summed E-state index contributed by atoms with van der Waals surface area (Å²) in [4.78, 5) is 21.4. The highest BCUT2D eigenvalue weighted by Gasteiger charge is 2.47. The van der Waals surface area contributed by atoms with E-state index in [2.05, 4.69) is 41.9 Å². The van der Waals surface area contributed by atoms with Crippen molar-refractivity contribution in [1.82, 2.24) is 9.88 Å². The molecule has 2 aliphatic heterocycles. The Hall–Kier alpha value is -1.82. The third-order valence-electron chi connectivity index (χ3n) is 8.02. The van der Waals surface area contributed by atoms with Crippen LogP contribution in [0.3, 0.4) is 0 Å². The molecule has 168 valence electrons. The van der Waals surface area contributed by atoms with Crippen LogP contribution in [0.1, 0.15) is 78.1 Å². The molecule has 1 aliphatic carbocycles. The lowest BCUT2D eigenvalue weighted by Gasteiger charge is -2.32. The van der Waals surface area contributed by atoms with Gasteiger partial charge in [0.25, 0.3) is 0 Å². The number of nitrogens with one attached hydrogen (secondary N) is 1. The van der Waals surface area contributed by atoms with Gasteiger partial charge in [0.2, 0.25) is 5.91 Å². The lowest BCUT2D eigenvalue weighted by molar-refractivity contribution is -0.137. The number of aliphatic hydroxyl groups is 1. The quantitative estimate of drug-likeness (QED) is 0.435. The lowest BCUT2D eigenvalue weighted by Crippen LogP contribution is -2.45. The van der Waals surface area contributed by atoms with Crippen molar-refractivity contribution in [3.63, 3.8) is 0 Å². The number of nitrogens with zero attached hydrogens (tertiary/aromatic N) is 1. The molecule has 2 saturated heterocycles. The molecule has 1 aromatic carbocycles. The van der Waals surface area contributed by atoms with Crippen molar-refractivity contribution in [3.05, 3.63) is 45.3 Å². The molecule has 3 aliphatic rings. The Morgan fingerprint density at radius 1 is 1.12 bits per heavy atom. The molecule has 4 nitrogen and oxygen atoms in total. The summed E-state index contributed by atoms with van der Waals surface area (Å²) in [6, 6.07) is 7.23. The smallest absolute Gasteiger partial charge is 0.233 e. The summed E-state index contributed by atoms with van der Waals surface area (Å²) in [7, 11) is 0. The molecule has 6 rings (SSSR count). The van der Waals surface area contributed by atoms with Crippen LogP contribution in [0.2, 0.25) is 0 Å². The number of amides is 1. The van der Waals surface area contributed by atoms with Crippen LogP contribution in [-0.4, -0.2) is 33.0 Å². The zero-order chi connectivity index (χ0) is 22.5. The molecule has 0 spiro atoms. The van der Waals surface area contributed by atoms with Crippen molar-refractivity contribution in [2.75, 3.05) is 0 Å². The van der Waals surface area contributed by atoms with E-state index >= 15 is 0 Å². The van der Waals surface area contributed by atoms with Gasteiger partial charge in [0.15, 0.2) is 0 Å². The van der Waals surface area contributed by atoms with Crippen molar-refractivity contribution in [2.45, 2.75) is 82.4 Å². The predicted octanol–water partition coefficient (Wildman–Crippen LogP) is 6.27. The Labute approximate surface area is 197 Å². The number of alkyl halides is 1. The van der Waals surface area contributed by atoms with Crippen LogP contribution in [0.5, 0.6) is 0 Å². The molecule has 32 heavy (non-hydrogen) atoms. The number of H-pyrrole nitrogens is 1. The van der Waals surface area contributed by atoms with E-state index in [1.807, 2.05) is 13.8 Å². The van der Waals surface area contributed by atoms with Crippen LogP contribution < -0.4 is 0 Å². The molecule has 6 heteroatoms. The second-order valence-corrected chi connectivity index (χ2v) is 12.0. The van der Waals surface area contributed by atoms with Gasteiger partial charge in [-0.05, 0) is 76.6 Å². The summed E-state index contributed by atoms with van der Waals surface area (Å²) < 4.78 is 0. The second kappa shape index (κ2) is 6.85. The zero-order valence-corrected chi connectivity index (χ0v) is 20.5. The van der Waals surface area contributed by atoms with Crippen molar-refractivity contribution < 1.29 is 9.90 Å². The molecule has 3 aromatic rings. The van der Waals surface area contributed by atoms with E-state index < -0.39 is 16.9 Å². The number of rotatable bonds is 2. The normalized spacial score (nSPS) is 26.6. The third-order valence-corrected chi connectivity index (χ3v) is 9.85. The molecule has 2 aromatic heterocycles. The molecule has 2 unspecified atom stereocenters. The Bertz CT molecular complexity index is 1250. The van der Waals surface area contributed by atoms with Crippen LogP contribution in [0, 0.1) is 13.8 Å². The van der Waals surface area contributed by atoms with Crippen molar-refractivity contribution in [3.8, 4) is 11.3 Å². The summed E-state index contributed by atoms with van der Waals surface area (Å²) in [5.74, 6) is 0.243. The molecular formula is C26H29ClN2O2S. The Morgan fingerprint density at radius 2 is 1.78 bits per heavy atom. The minimum absolute atomic E-state index is 0.243. The maximum absolute atomic E-state index is 13.6. The monoisotopic (exact) mass is 468 g/mol. The van der Waals surface area contributed by atoms with Crippen LogP contribution in [-0.2, 0) is 10.2 Å². The Balaban J connectivity index is 1.45. The van der Waals surface area contributed by atoms with Gasteiger partial charge in [-0.3, -0.25) is 4.79 Å². The maximum atomic E-state index is 13.6. The average molecular weight is 469 g/mol. The van der Waals surface area contributed by atoms with Gasteiger partial charge in [-0.1, -0.05) is 11.6 Å². The van der Waals surface area contributed by atoms with Gasteiger partial charge in [0.1, 0.15) is 10.9 Å². The van der Waals surface area contributed by atoms with Crippen molar-refractivity contribution in [2.24, 2.45) is 0 Å². The number of benzene rings is 1. The standard InChI is InChI=1S/C26H29ClN2O2S/c1-12-9-13(2)19-16(10-12)22-20(23(30)21(19)27)17-11-18(32-24(17)28-22)26(3,4)25(31)29-14-5-6-15(29)8-7-14/h9-11,14-15,21,23,28,30H,5-8H2,1-4H3. The highest BCUT2D eigenvalue weighted by Crippen LogP contribution is 2.53. The number of aromatic amines is 1. The number of hydrogen-bond donors (Lipinski definition) is 2. The number of aryl methyl sites for hydroxylation is 2. The van der Waals surface area contributed by atoms with Gasteiger partial charge in [-0.15, -0.1) is 22.9 Å². The summed E-state index contributed by atoms with van der Waals surface area (Å²) in [5, 5.41) is 11.7. The van der Waals surface area contributed by atoms with Gasteiger partial charge in [0, 0.05) is 33.5 Å². The highest BCUT2D eigenvalue weighted by molar-refractivity contribution is 7.19. The first-order valence-electron chi connectivity index (χ1n) is 11.6. The molecule has 2 bridgehead atoms. The Morgan fingerprint density at radius 3 is 2.44 bits per heavy atom. The molecular weight excluding hydrogens is 440 g/mol. The van der Waals surface area contributed by atoms with Gasteiger partial charge in [0.05, 0.1) is 16.5 Å². The van der Waals surface area contributed by atoms with Gasteiger partial charge >= 0.3 is 0 Å². The minimum Gasteiger partial charge on any atom is -0.386 e. The molecule has 0 saturated carbocycles.